The first kappa shape index (κ1) is 19.6. The highest BCUT2D eigenvalue weighted by Gasteiger charge is 2.42. The molecule has 1 N–H and O–H groups in total. The highest BCUT2D eigenvalue weighted by molar-refractivity contribution is 7.80. The van der Waals surface area contributed by atoms with Crippen molar-refractivity contribution < 1.29 is 0 Å². The number of pyridine rings is 1. The predicted octanol–water partition coefficient (Wildman–Crippen LogP) is 5.34. The van der Waals surface area contributed by atoms with E-state index in [2.05, 4.69) is 90.9 Å². The van der Waals surface area contributed by atoms with Crippen LogP contribution in [0.15, 0.2) is 54.7 Å². The van der Waals surface area contributed by atoms with E-state index in [0.717, 1.165) is 16.5 Å². The van der Waals surface area contributed by atoms with E-state index in [1.807, 2.05) is 18.3 Å². The third-order valence-electron chi connectivity index (χ3n) is 6.07. The van der Waals surface area contributed by atoms with E-state index < -0.39 is 0 Å². The molecule has 3 aromatic rings. The lowest BCUT2D eigenvalue weighted by Gasteiger charge is -2.28. The summed E-state index contributed by atoms with van der Waals surface area (Å²) < 4.78 is 2.24. The van der Waals surface area contributed by atoms with Crippen molar-refractivity contribution in [1.29, 1.82) is 0 Å². The third kappa shape index (κ3) is 3.44. The van der Waals surface area contributed by atoms with E-state index in [9.17, 15) is 0 Å². The Morgan fingerprint density at radius 3 is 2.34 bits per heavy atom. The van der Waals surface area contributed by atoms with Crippen molar-refractivity contribution in [3.63, 3.8) is 0 Å². The van der Waals surface area contributed by atoms with Gasteiger partial charge in [-0.2, -0.15) is 0 Å². The smallest absolute Gasteiger partial charge is 0.174 e. The first-order valence-corrected chi connectivity index (χ1v) is 10.5. The average Bonchev–Trinajstić information content (AvgIpc) is 3.20. The molecule has 2 aromatic heterocycles. The van der Waals surface area contributed by atoms with Crippen LogP contribution in [-0.4, -0.2) is 14.7 Å². The van der Waals surface area contributed by atoms with Crippen LogP contribution in [0.3, 0.4) is 0 Å². The zero-order chi connectivity index (χ0) is 20.7. The van der Waals surface area contributed by atoms with E-state index in [1.165, 1.54) is 22.5 Å². The molecule has 2 unspecified atom stereocenters. The summed E-state index contributed by atoms with van der Waals surface area (Å²) in [4.78, 5) is 6.89. The Labute approximate surface area is 178 Å². The van der Waals surface area contributed by atoms with E-state index in [4.69, 9.17) is 12.2 Å². The first-order valence-electron chi connectivity index (χ1n) is 10.1. The lowest BCUT2D eigenvalue weighted by molar-refractivity contribution is 0.564. The monoisotopic (exact) mass is 404 g/mol. The van der Waals surface area contributed by atoms with Crippen molar-refractivity contribution in [3.8, 4) is 0 Å². The maximum Gasteiger partial charge on any atom is 0.174 e. The van der Waals surface area contributed by atoms with Crippen LogP contribution in [0.1, 0.15) is 60.1 Å². The second kappa shape index (κ2) is 7.64. The molecule has 2 atom stereocenters. The van der Waals surface area contributed by atoms with Crippen molar-refractivity contribution in [2.75, 3.05) is 4.90 Å². The molecule has 4 nitrogen and oxygen atoms in total. The summed E-state index contributed by atoms with van der Waals surface area (Å²) in [6, 6.07) is 17.2. The minimum absolute atomic E-state index is 0.00558. The van der Waals surface area contributed by atoms with Crippen LogP contribution in [0.25, 0.3) is 0 Å². The van der Waals surface area contributed by atoms with Crippen LogP contribution in [0.5, 0.6) is 0 Å². The van der Waals surface area contributed by atoms with Crippen LogP contribution in [-0.2, 0) is 7.05 Å². The number of rotatable bonds is 4. The Hall–Kier alpha value is -2.66. The van der Waals surface area contributed by atoms with Gasteiger partial charge < -0.3 is 14.8 Å². The van der Waals surface area contributed by atoms with Crippen molar-refractivity contribution >= 4 is 23.0 Å². The van der Waals surface area contributed by atoms with E-state index in [-0.39, 0.29) is 12.1 Å². The molecular weight excluding hydrogens is 376 g/mol. The fourth-order valence-electron chi connectivity index (χ4n) is 4.15. The van der Waals surface area contributed by atoms with Crippen molar-refractivity contribution in [1.82, 2.24) is 14.9 Å². The normalized spacial score (nSPS) is 19.1. The molecule has 4 rings (SSSR count). The molecule has 0 radical (unpaired) electrons. The number of anilines is 1. The SMILES string of the molecule is Cc1cc(C2C(c3ccccn3)NC(=S)N2c2ccc(C(C)C)cc2)c(C)n1C. The number of hydrogen-bond acceptors (Lipinski definition) is 2. The number of aromatic nitrogens is 2. The number of hydrogen-bond donors (Lipinski definition) is 1. The number of thiocarbonyl (C=S) groups is 1. The molecule has 1 saturated heterocycles. The molecule has 150 valence electrons. The zero-order valence-corrected chi connectivity index (χ0v) is 18.5. The molecule has 1 aliphatic heterocycles. The number of aryl methyl sites for hydroxylation is 1. The molecule has 0 aliphatic carbocycles. The summed E-state index contributed by atoms with van der Waals surface area (Å²) in [6.45, 7) is 8.76. The minimum Gasteiger partial charge on any atom is -0.352 e. The van der Waals surface area contributed by atoms with Crippen molar-refractivity contribution in [2.45, 2.75) is 45.7 Å². The fourth-order valence-corrected chi connectivity index (χ4v) is 4.50. The summed E-state index contributed by atoms with van der Waals surface area (Å²) in [6.07, 6.45) is 1.85. The summed E-state index contributed by atoms with van der Waals surface area (Å²) in [5.41, 5.74) is 7.21. The molecule has 0 saturated carbocycles. The first-order chi connectivity index (χ1) is 13.9. The summed E-state index contributed by atoms with van der Waals surface area (Å²) in [5, 5.41) is 4.29. The van der Waals surface area contributed by atoms with E-state index in [1.54, 1.807) is 0 Å². The lowest BCUT2D eigenvalue weighted by Crippen LogP contribution is -2.29. The summed E-state index contributed by atoms with van der Waals surface area (Å²) in [5.74, 6) is 0.504. The topological polar surface area (TPSA) is 33.1 Å². The molecular formula is C24H28N4S. The molecule has 0 bridgehead atoms. The minimum atomic E-state index is -0.00558. The van der Waals surface area contributed by atoms with Crippen molar-refractivity contribution in [2.24, 2.45) is 7.05 Å². The van der Waals surface area contributed by atoms with Gasteiger partial charge in [-0.15, -0.1) is 0 Å². The van der Waals surface area contributed by atoms with E-state index >= 15 is 0 Å². The molecule has 1 aliphatic rings. The molecule has 1 fully saturated rings. The van der Waals surface area contributed by atoms with Gasteiger partial charge in [0.2, 0.25) is 0 Å². The van der Waals surface area contributed by atoms with Gasteiger partial charge in [0.1, 0.15) is 0 Å². The Morgan fingerprint density at radius 1 is 1.07 bits per heavy atom. The van der Waals surface area contributed by atoms with Crippen LogP contribution < -0.4 is 10.2 Å². The van der Waals surface area contributed by atoms with Crippen molar-refractivity contribution in [3.05, 3.63) is 82.9 Å². The van der Waals surface area contributed by atoms with Gasteiger partial charge >= 0.3 is 0 Å². The molecule has 0 spiro atoms. The van der Waals surface area contributed by atoms with Gasteiger partial charge in [0.25, 0.3) is 0 Å². The Bertz CT molecular complexity index is 1020. The molecule has 0 amide bonds. The molecule has 29 heavy (non-hydrogen) atoms. The molecule has 5 heteroatoms. The largest absolute Gasteiger partial charge is 0.352 e. The lowest BCUT2D eigenvalue weighted by atomic mass is 9.96. The van der Waals surface area contributed by atoms with Gasteiger partial charge in [-0.1, -0.05) is 32.0 Å². The van der Waals surface area contributed by atoms with E-state index in [0.29, 0.717) is 5.92 Å². The molecule has 1 aromatic carbocycles. The average molecular weight is 405 g/mol. The Morgan fingerprint density at radius 2 is 1.79 bits per heavy atom. The van der Waals surface area contributed by atoms with Gasteiger partial charge in [-0.3, -0.25) is 4.98 Å². The van der Waals surface area contributed by atoms with Gasteiger partial charge in [0.15, 0.2) is 5.11 Å². The zero-order valence-electron chi connectivity index (χ0n) is 17.7. The summed E-state index contributed by atoms with van der Waals surface area (Å²) in [7, 11) is 2.12. The quantitative estimate of drug-likeness (QED) is 0.595. The molecule has 3 heterocycles. The van der Waals surface area contributed by atoms with Crippen LogP contribution in [0, 0.1) is 13.8 Å². The van der Waals surface area contributed by atoms with Gasteiger partial charge in [-0.25, -0.2) is 0 Å². The second-order valence-corrected chi connectivity index (χ2v) is 8.52. The van der Waals surface area contributed by atoms with Gasteiger partial charge in [0, 0.05) is 30.3 Å². The Balaban J connectivity index is 1.84. The highest BCUT2D eigenvalue weighted by Crippen LogP contribution is 2.43. The highest BCUT2D eigenvalue weighted by atomic mass is 32.1. The number of nitrogens with zero attached hydrogens (tertiary/aromatic N) is 3. The number of nitrogens with one attached hydrogen (secondary N) is 1. The second-order valence-electron chi connectivity index (χ2n) is 8.13. The summed E-state index contributed by atoms with van der Waals surface area (Å²) >= 11 is 5.82. The van der Waals surface area contributed by atoms with Gasteiger partial charge in [-0.05, 0) is 73.4 Å². The Kier molecular flexibility index (Phi) is 5.17. The van der Waals surface area contributed by atoms with Gasteiger partial charge in [0.05, 0.1) is 17.8 Å². The predicted molar refractivity (Wildman–Crippen MR) is 123 cm³/mol. The third-order valence-corrected chi connectivity index (χ3v) is 6.38. The van der Waals surface area contributed by atoms with Crippen LogP contribution in [0.2, 0.25) is 0 Å². The maximum atomic E-state index is 5.82. The maximum absolute atomic E-state index is 5.82. The number of benzene rings is 1. The van der Waals surface area contributed by atoms with Crippen LogP contribution >= 0.6 is 12.2 Å². The standard InChI is InChI=1S/C24H28N4S/c1-15(2)18-9-11-19(12-10-18)28-23(20-14-16(3)27(5)17(20)4)22(26-24(28)29)21-8-6-7-13-25-21/h6-15,22-23H,1-5H3,(H,26,29). The fraction of sp³-hybridized carbons (Fsp3) is 0.333. The van der Waals surface area contributed by atoms with Crippen LogP contribution in [0.4, 0.5) is 5.69 Å².